The van der Waals surface area contributed by atoms with E-state index in [-0.39, 0.29) is 12.1 Å². The lowest BCUT2D eigenvalue weighted by Gasteiger charge is -2.33. The molecule has 0 bridgehead atoms. The SMILES string of the molecule is CC1CCC(NC2CCC(NC(=O)OC(C)(C)C)CC2)C1C. The van der Waals surface area contributed by atoms with Gasteiger partial charge in [-0.25, -0.2) is 4.79 Å². The Morgan fingerprint density at radius 2 is 1.55 bits per heavy atom. The van der Waals surface area contributed by atoms with Crippen molar-refractivity contribution in [3.63, 3.8) is 0 Å². The Morgan fingerprint density at radius 3 is 2.05 bits per heavy atom. The zero-order valence-electron chi connectivity index (χ0n) is 14.9. The van der Waals surface area contributed by atoms with Crippen molar-refractivity contribution in [1.82, 2.24) is 10.6 Å². The van der Waals surface area contributed by atoms with Crippen LogP contribution in [0.2, 0.25) is 0 Å². The van der Waals surface area contributed by atoms with Crippen molar-refractivity contribution in [3.05, 3.63) is 0 Å². The summed E-state index contributed by atoms with van der Waals surface area (Å²) in [5, 5.41) is 6.88. The first-order valence-corrected chi connectivity index (χ1v) is 9.00. The Kier molecular flexibility index (Phi) is 5.76. The van der Waals surface area contributed by atoms with Crippen LogP contribution in [0.5, 0.6) is 0 Å². The number of amides is 1. The molecular weight excluding hydrogens is 276 g/mol. The standard InChI is InChI=1S/C18H34N2O2/c1-12-6-11-16(13(12)2)19-14-7-9-15(10-8-14)20-17(21)22-18(3,4)5/h12-16,19H,6-11H2,1-5H3,(H,20,21). The monoisotopic (exact) mass is 310 g/mol. The highest BCUT2D eigenvalue weighted by atomic mass is 16.6. The molecule has 4 heteroatoms. The van der Waals surface area contributed by atoms with Crippen LogP contribution in [0.25, 0.3) is 0 Å². The molecule has 2 aliphatic rings. The van der Waals surface area contributed by atoms with E-state index in [2.05, 4.69) is 24.5 Å². The van der Waals surface area contributed by atoms with Gasteiger partial charge in [-0.05, 0) is 71.1 Å². The number of carbonyl (C=O) groups is 1. The zero-order valence-corrected chi connectivity index (χ0v) is 14.9. The Morgan fingerprint density at radius 1 is 0.955 bits per heavy atom. The fraction of sp³-hybridized carbons (Fsp3) is 0.944. The molecule has 4 nitrogen and oxygen atoms in total. The predicted octanol–water partition coefficient (Wildman–Crippen LogP) is 3.85. The summed E-state index contributed by atoms with van der Waals surface area (Å²) in [6.07, 6.45) is 6.80. The zero-order chi connectivity index (χ0) is 16.3. The van der Waals surface area contributed by atoms with E-state index in [1.165, 1.54) is 12.8 Å². The largest absolute Gasteiger partial charge is 0.444 e. The van der Waals surface area contributed by atoms with Crippen LogP contribution in [-0.4, -0.2) is 29.8 Å². The van der Waals surface area contributed by atoms with E-state index in [1.54, 1.807) is 0 Å². The van der Waals surface area contributed by atoms with E-state index >= 15 is 0 Å². The second-order valence-electron chi connectivity index (χ2n) is 8.38. The minimum atomic E-state index is -0.419. The van der Waals surface area contributed by atoms with Gasteiger partial charge in [-0.3, -0.25) is 0 Å². The minimum Gasteiger partial charge on any atom is -0.444 e. The molecule has 3 atom stereocenters. The van der Waals surface area contributed by atoms with Crippen molar-refractivity contribution in [2.45, 2.75) is 96.9 Å². The summed E-state index contributed by atoms with van der Waals surface area (Å²) >= 11 is 0. The van der Waals surface area contributed by atoms with Gasteiger partial charge in [0.05, 0.1) is 0 Å². The van der Waals surface area contributed by atoms with Gasteiger partial charge in [0.2, 0.25) is 0 Å². The lowest BCUT2D eigenvalue weighted by molar-refractivity contribution is 0.0489. The lowest BCUT2D eigenvalue weighted by atomic mass is 9.89. The summed E-state index contributed by atoms with van der Waals surface area (Å²) in [4.78, 5) is 11.8. The predicted molar refractivity (Wildman–Crippen MR) is 89.9 cm³/mol. The Bertz CT molecular complexity index is 370. The molecule has 0 aromatic heterocycles. The molecule has 2 aliphatic carbocycles. The van der Waals surface area contributed by atoms with Crippen LogP contribution in [-0.2, 0) is 4.74 Å². The maximum atomic E-state index is 11.8. The third-order valence-corrected chi connectivity index (χ3v) is 5.36. The average molecular weight is 310 g/mol. The molecule has 2 N–H and O–H groups in total. The highest BCUT2D eigenvalue weighted by Gasteiger charge is 2.32. The van der Waals surface area contributed by atoms with E-state index in [4.69, 9.17) is 4.74 Å². The van der Waals surface area contributed by atoms with Gasteiger partial charge in [0.15, 0.2) is 0 Å². The second kappa shape index (κ2) is 7.20. The Hall–Kier alpha value is -0.770. The van der Waals surface area contributed by atoms with Gasteiger partial charge >= 0.3 is 6.09 Å². The third kappa shape index (κ3) is 5.15. The van der Waals surface area contributed by atoms with Crippen LogP contribution in [0.4, 0.5) is 4.79 Å². The molecule has 2 fully saturated rings. The average Bonchev–Trinajstić information content (AvgIpc) is 2.71. The van der Waals surface area contributed by atoms with Crippen molar-refractivity contribution in [2.75, 3.05) is 0 Å². The molecule has 0 aromatic carbocycles. The normalized spacial score (nSPS) is 36.1. The van der Waals surface area contributed by atoms with Crippen molar-refractivity contribution in [3.8, 4) is 0 Å². The Labute approximate surface area is 135 Å². The van der Waals surface area contributed by atoms with Crippen molar-refractivity contribution < 1.29 is 9.53 Å². The van der Waals surface area contributed by atoms with E-state index in [9.17, 15) is 4.79 Å². The molecule has 0 radical (unpaired) electrons. The minimum absolute atomic E-state index is 0.271. The molecule has 2 saturated carbocycles. The van der Waals surface area contributed by atoms with Crippen LogP contribution in [0.3, 0.4) is 0 Å². The quantitative estimate of drug-likeness (QED) is 0.832. The highest BCUT2D eigenvalue weighted by molar-refractivity contribution is 5.68. The lowest BCUT2D eigenvalue weighted by Crippen LogP contribution is -2.46. The number of nitrogens with one attached hydrogen (secondary N) is 2. The van der Waals surface area contributed by atoms with E-state index in [1.807, 2.05) is 20.8 Å². The van der Waals surface area contributed by atoms with Gasteiger partial charge in [-0.1, -0.05) is 13.8 Å². The number of ether oxygens (including phenoxy) is 1. The molecule has 0 heterocycles. The molecule has 0 aliphatic heterocycles. The summed E-state index contributed by atoms with van der Waals surface area (Å²) in [6.45, 7) is 10.4. The van der Waals surface area contributed by atoms with Gasteiger partial charge in [-0.2, -0.15) is 0 Å². The van der Waals surface area contributed by atoms with E-state index in [0.717, 1.165) is 37.5 Å². The number of carbonyl (C=O) groups excluding carboxylic acids is 1. The van der Waals surface area contributed by atoms with Crippen LogP contribution in [0, 0.1) is 11.8 Å². The van der Waals surface area contributed by atoms with E-state index in [0.29, 0.717) is 12.1 Å². The molecule has 0 saturated heterocycles. The van der Waals surface area contributed by atoms with Gasteiger partial charge in [-0.15, -0.1) is 0 Å². The smallest absolute Gasteiger partial charge is 0.407 e. The van der Waals surface area contributed by atoms with Crippen molar-refractivity contribution in [2.24, 2.45) is 11.8 Å². The van der Waals surface area contributed by atoms with Gasteiger partial charge < -0.3 is 15.4 Å². The fourth-order valence-electron chi connectivity index (χ4n) is 3.78. The molecular formula is C18H34N2O2. The van der Waals surface area contributed by atoms with Crippen LogP contribution in [0.1, 0.15) is 73.1 Å². The first-order valence-electron chi connectivity index (χ1n) is 9.00. The highest BCUT2D eigenvalue weighted by Crippen LogP contribution is 2.32. The molecule has 128 valence electrons. The summed E-state index contributed by atoms with van der Waals surface area (Å²) < 4.78 is 5.34. The number of alkyl carbamates (subject to hydrolysis) is 1. The summed E-state index contributed by atoms with van der Waals surface area (Å²) in [7, 11) is 0. The molecule has 0 aromatic rings. The van der Waals surface area contributed by atoms with Crippen LogP contribution < -0.4 is 10.6 Å². The molecule has 22 heavy (non-hydrogen) atoms. The van der Waals surface area contributed by atoms with Gasteiger partial charge in [0, 0.05) is 18.1 Å². The van der Waals surface area contributed by atoms with Gasteiger partial charge in [0.25, 0.3) is 0 Å². The summed E-state index contributed by atoms with van der Waals surface area (Å²) in [5.74, 6) is 1.64. The first kappa shape index (κ1) is 17.6. The summed E-state index contributed by atoms with van der Waals surface area (Å²) in [6, 6.07) is 1.58. The molecule has 1 amide bonds. The molecule has 2 rings (SSSR count). The van der Waals surface area contributed by atoms with Crippen LogP contribution in [0.15, 0.2) is 0 Å². The van der Waals surface area contributed by atoms with Gasteiger partial charge in [0.1, 0.15) is 5.60 Å². The van der Waals surface area contributed by atoms with E-state index < -0.39 is 5.60 Å². The molecule has 3 unspecified atom stereocenters. The Balaban J connectivity index is 1.69. The third-order valence-electron chi connectivity index (χ3n) is 5.36. The maximum Gasteiger partial charge on any atom is 0.407 e. The molecule has 0 spiro atoms. The van der Waals surface area contributed by atoms with Crippen LogP contribution >= 0.6 is 0 Å². The number of rotatable bonds is 3. The number of hydrogen-bond donors (Lipinski definition) is 2. The topological polar surface area (TPSA) is 50.4 Å². The maximum absolute atomic E-state index is 11.8. The van der Waals surface area contributed by atoms with Crippen molar-refractivity contribution in [1.29, 1.82) is 0 Å². The number of hydrogen-bond acceptors (Lipinski definition) is 3. The second-order valence-corrected chi connectivity index (χ2v) is 8.38. The summed E-state index contributed by atoms with van der Waals surface area (Å²) in [5.41, 5.74) is -0.419. The van der Waals surface area contributed by atoms with Crippen molar-refractivity contribution >= 4 is 6.09 Å². The first-order chi connectivity index (χ1) is 10.2. The fourth-order valence-corrected chi connectivity index (χ4v) is 3.78.